The van der Waals surface area contributed by atoms with Gasteiger partial charge >= 0.3 is 0 Å². The lowest BCUT2D eigenvalue weighted by Crippen LogP contribution is -2.42. The maximum Gasteiger partial charge on any atom is 0.257 e. The molecule has 2 N–H and O–H groups in total. The molecular formula is C24H23N5O3. The third-order valence-corrected chi connectivity index (χ3v) is 5.64. The Bertz CT molecular complexity index is 1240. The van der Waals surface area contributed by atoms with Crippen LogP contribution < -0.4 is 15.6 Å². The SMILES string of the molecule is N#Cc1ccc(N2CCCN(C(=O)CNC(=O)c3c[nH]c4ccccc4c3=O)CC2)cc1. The van der Waals surface area contributed by atoms with E-state index in [2.05, 4.69) is 21.3 Å². The Morgan fingerprint density at radius 3 is 2.59 bits per heavy atom. The minimum Gasteiger partial charge on any atom is -0.370 e. The van der Waals surface area contributed by atoms with Crippen LogP contribution in [0.15, 0.2) is 59.5 Å². The molecule has 1 fully saturated rings. The molecule has 4 rings (SSSR count). The highest BCUT2D eigenvalue weighted by Crippen LogP contribution is 2.17. The van der Waals surface area contributed by atoms with Crippen LogP contribution in [0.3, 0.4) is 0 Å². The second-order valence-electron chi connectivity index (χ2n) is 7.64. The predicted molar refractivity (Wildman–Crippen MR) is 121 cm³/mol. The molecule has 0 radical (unpaired) electrons. The number of carbonyl (C=O) groups excluding carboxylic acids is 2. The van der Waals surface area contributed by atoms with Gasteiger partial charge in [0.2, 0.25) is 11.3 Å². The van der Waals surface area contributed by atoms with Crippen molar-refractivity contribution in [1.29, 1.82) is 5.26 Å². The van der Waals surface area contributed by atoms with Crippen LogP contribution in [0.5, 0.6) is 0 Å². The third-order valence-electron chi connectivity index (χ3n) is 5.64. The summed E-state index contributed by atoms with van der Waals surface area (Å²) < 4.78 is 0. The highest BCUT2D eigenvalue weighted by molar-refractivity contribution is 5.98. The number of hydrogen-bond acceptors (Lipinski definition) is 5. The largest absolute Gasteiger partial charge is 0.370 e. The molecule has 162 valence electrons. The molecule has 1 aromatic heterocycles. The predicted octanol–water partition coefficient (Wildman–Crippen LogP) is 1.87. The summed E-state index contributed by atoms with van der Waals surface area (Å²) in [5.41, 5.74) is 1.90. The Balaban J connectivity index is 1.35. The smallest absolute Gasteiger partial charge is 0.257 e. The van der Waals surface area contributed by atoms with Crippen molar-refractivity contribution in [1.82, 2.24) is 15.2 Å². The summed E-state index contributed by atoms with van der Waals surface area (Å²) >= 11 is 0. The zero-order valence-electron chi connectivity index (χ0n) is 17.5. The first-order chi connectivity index (χ1) is 15.6. The molecule has 0 saturated carbocycles. The Hall–Kier alpha value is -4.12. The number of nitrogens with zero attached hydrogens (tertiary/aromatic N) is 3. The molecule has 2 amide bonds. The summed E-state index contributed by atoms with van der Waals surface area (Å²) in [4.78, 5) is 44.6. The number of aromatic amines is 1. The first-order valence-electron chi connectivity index (χ1n) is 10.5. The second kappa shape index (κ2) is 9.35. The molecule has 0 atom stereocenters. The molecule has 8 heteroatoms. The summed E-state index contributed by atoms with van der Waals surface area (Å²) in [6.07, 6.45) is 2.18. The van der Waals surface area contributed by atoms with Gasteiger partial charge in [0.15, 0.2) is 0 Å². The fourth-order valence-electron chi connectivity index (χ4n) is 3.87. The number of benzene rings is 2. The number of pyridine rings is 1. The van der Waals surface area contributed by atoms with E-state index in [9.17, 15) is 14.4 Å². The van der Waals surface area contributed by atoms with Gasteiger partial charge in [-0.15, -0.1) is 0 Å². The van der Waals surface area contributed by atoms with Gasteiger partial charge in [-0.25, -0.2) is 0 Å². The number of rotatable bonds is 4. The summed E-state index contributed by atoms with van der Waals surface area (Å²) in [5.74, 6) is -0.753. The van der Waals surface area contributed by atoms with Crippen molar-refractivity contribution < 1.29 is 9.59 Å². The van der Waals surface area contributed by atoms with Crippen molar-refractivity contribution in [3.05, 3.63) is 76.1 Å². The molecule has 3 aromatic rings. The highest BCUT2D eigenvalue weighted by atomic mass is 16.2. The number of H-pyrrole nitrogens is 1. The number of fused-ring (bicyclic) bond motifs is 1. The topological polar surface area (TPSA) is 109 Å². The second-order valence-corrected chi connectivity index (χ2v) is 7.64. The standard InChI is InChI=1S/C24H23N5O3/c25-14-17-6-8-18(9-7-17)28-10-3-11-29(13-12-28)22(30)16-27-24(32)20-15-26-21-5-2-1-4-19(21)23(20)31/h1-2,4-9,15H,3,10-13,16H2,(H,26,31)(H,27,32). The van der Waals surface area contributed by atoms with Crippen LogP contribution >= 0.6 is 0 Å². The van der Waals surface area contributed by atoms with Gasteiger partial charge in [-0.2, -0.15) is 5.26 Å². The highest BCUT2D eigenvalue weighted by Gasteiger charge is 2.21. The van der Waals surface area contributed by atoms with E-state index in [-0.39, 0.29) is 23.4 Å². The van der Waals surface area contributed by atoms with Crippen molar-refractivity contribution in [2.45, 2.75) is 6.42 Å². The quantitative estimate of drug-likeness (QED) is 0.658. The molecule has 2 aromatic carbocycles. The molecule has 0 aliphatic carbocycles. The maximum atomic E-state index is 12.7. The van der Waals surface area contributed by atoms with E-state index in [0.717, 1.165) is 18.7 Å². The van der Waals surface area contributed by atoms with Crippen LogP contribution in [-0.2, 0) is 4.79 Å². The van der Waals surface area contributed by atoms with Crippen LogP contribution in [-0.4, -0.2) is 54.4 Å². The number of aromatic nitrogens is 1. The minimum absolute atomic E-state index is 0.0145. The number of nitrogens with one attached hydrogen (secondary N) is 2. The van der Waals surface area contributed by atoms with Gasteiger partial charge in [0.25, 0.3) is 5.91 Å². The van der Waals surface area contributed by atoms with E-state index in [1.165, 1.54) is 6.20 Å². The fraction of sp³-hybridized carbons (Fsp3) is 0.250. The average Bonchev–Trinajstić information content (AvgIpc) is 3.09. The molecule has 8 nitrogen and oxygen atoms in total. The Morgan fingerprint density at radius 1 is 1.03 bits per heavy atom. The van der Waals surface area contributed by atoms with Crippen molar-refractivity contribution >= 4 is 28.4 Å². The zero-order chi connectivity index (χ0) is 22.5. The molecule has 1 aliphatic rings. The Labute approximate surface area is 185 Å². The van der Waals surface area contributed by atoms with Crippen LogP contribution in [0, 0.1) is 11.3 Å². The van der Waals surface area contributed by atoms with Crippen molar-refractivity contribution in [3.63, 3.8) is 0 Å². The lowest BCUT2D eigenvalue weighted by Gasteiger charge is -2.24. The van der Waals surface area contributed by atoms with Crippen LogP contribution in [0.25, 0.3) is 10.9 Å². The molecule has 2 heterocycles. The summed E-state index contributed by atoms with van der Waals surface area (Å²) in [5, 5.41) is 12.0. The van der Waals surface area contributed by atoms with Gasteiger partial charge in [-0.1, -0.05) is 12.1 Å². The number of amides is 2. The van der Waals surface area contributed by atoms with Gasteiger partial charge in [0.1, 0.15) is 5.56 Å². The lowest BCUT2D eigenvalue weighted by atomic mass is 10.1. The molecule has 1 aliphatic heterocycles. The normalized spacial score (nSPS) is 14.0. The third kappa shape index (κ3) is 4.47. The average molecular weight is 429 g/mol. The first kappa shape index (κ1) is 21.1. The van der Waals surface area contributed by atoms with E-state index in [0.29, 0.717) is 36.1 Å². The monoisotopic (exact) mass is 429 g/mol. The maximum absolute atomic E-state index is 12.7. The number of hydrogen-bond donors (Lipinski definition) is 2. The molecule has 0 unspecified atom stereocenters. The molecule has 1 saturated heterocycles. The first-order valence-corrected chi connectivity index (χ1v) is 10.5. The van der Waals surface area contributed by atoms with Crippen molar-refractivity contribution in [2.24, 2.45) is 0 Å². The number of anilines is 1. The number of carbonyl (C=O) groups is 2. The van der Waals surface area contributed by atoms with Crippen molar-refractivity contribution in [2.75, 3.05) is 37.6 Å². The van der Waals surface area contributed by atoms with Gasteiger partial charge in [-0.05, 0) is 42.8 Å². The van der Waals surface area contributed by atoms with Crippen LogP contribution in [0.1, 0.15) is 22.3 Å². The van der Waals surface area contributed by atoms with E-state index in [1.807, 2.05) is 12.1 Å². The fourth-order valence-corrected chi connectivity index (χ4v) is 3.87. The zero-order valence-corrected chi connectivity index (χ0v) is 17.5. The number of para-hydroxylation sites is 1. The van der Waals surface area contributed by atoms with Gasteiger partial charge in [0, 0.05) is 49.0 Å². The van der Waals surface area contributed by atoms with Gasteiger partial charge < -0.3 is 20.1 Å². The van der Waals surface area contributed by atoms with E-state index in [1.54, 1.807) is 41.3 Å². The summed E-state index contributed by atoms with van der Waals surface area (Å²) in [7, 11) is 0. The lowest BCUT2D eigenvalue weighted by molar-refractivity contribution is -0.129. The number of nitriles is 1. The minimum atomic E-state index is -0.570. The van der Waals surface area contributed by atoms with E-state index >= 15 is 0 Å². The van der Waals surface area contributed by atoms with E-state index in [4.69, 9.17) is 5.26 Å². The Kier molecular flexibility index (Phi) is 6.17. The Morgan fingerprint density at radius 2 is 1.81 bits per heavy atom. The molecule has 32 heavy (non-hydrogen) atoms. The van der Waals surface area contributed by atoms with Gasteiger partial charge in [0.05, 0.1) is 18.2 Å². The summed E-state index contributed by atoms with van der Waals surface area (Å²) in [6.45, 7) is 2.43. The molecule has 0 spiro atoms. The van der Waals surface area contributed by atoms with Crippen LogP contribution in [0.4, 0.5) is 5.69 Å². The van der Waals surface area contributed by atoms with Crippen molar-refractivity contribution in [3.8, 4) is 6.07 Å². The van der Waals surface area contributed by atoms with E-state index < -0.39 is 5.91 Å². The van der Waals surface area contributed by atoms with Crippen LogP contribution in [0.2, 0.25) is 0 Å². The summed E-state index contributed by atoms with van der Waals surface area (Å²) in [6, 6.07) is 16.5. The molecular weight excluding hydrogens is 406 g/mol. The van der Waals surface area contributed by atoms with Gasteiger partial charge in [-0.3, -0.25) is 14.4 Å². The molecule has 0 bridgehead atoms.